The number of allylic oxidation sites excluding steroid dienone is 1. The van der Waals surface area contributed by atoms with Gasteiger partial charge >= 0.3 is 12.4 Å². The fourth-order valence-electron chi connectivity index (χ4n) is 6.31. The van der Waals surface area contributed by atoms with Crippen molar-refractivity contribution < 1.29 is 49.9 Å². The summed E-state index contributed by atoms with van der Waals surface area (Å²) in [4.78, 5) is 0. The minimum absolute atomic E-state index is 0.0225. The van der Waals surface area contributed by atoms with E-state index in [1.165, 1.54) is 0 Å². The van der Waals surface area contributed by atoms with Gasteiger partial charge in [0, 0.05) is 8.22 Å². The minimum Gasteiger partial charge on any atom is -0.393 e. The zero-order valence-corrected chi connectivity index (χ0v) is 18.9. The topological polar surface area (TPSA) is 60.7 Å². The highest BCUT2D eigenvalue weighted by Gasteiger charge is 2.69. The molecule has 0 aromatic carbocycles. The molecule has 33 heavy (non-hydrogen) atoms. The molecule has 0 aromatic heterocycles. The van der Waals surface area contributed by atoms with E-state index in [2.05, 4.69) is 0 Å². The fraction of sp³-hybridized carbons (Fsp3) is 0.917. The van der Waals surface area contributed by atoms with E-state index in [0.717, 1.165) is 0 Å². The van der Waals surface area contributed by atoms with Crippen LogP contribution < -0.4 is 0 Å². The van der Waals surface area contributed by atoms with E-state index in [-0.39, 0.29) is 37.2 Å². The Bertz CT molecular complexity index is 860. The van der Waals surface area contributed by atoms with Crippen LogP contribution in [0.25, 0.3) is 0 Å². The number of alkyl halides is 6. The van der Waals surface area contributed by atoms with Crippen molar-refractivity contribution >= 4 is 0 Å². The van der Waals surface area contributed by atoms with Gasteiger partial charge in [0.2, 0.25) is 0 Å². The zero-order valence-electron chi connectivity index (χ0n) is 24.9. The minimum atomic E-state index is -6.04. The Kier molecular flexibility index (Phi) is 5.77. The molecule has 0 unspecified atom stereocenters. The highest BCUT2D eigenvalue weighted by molar-refractivity contribution is 5.13. The molecule has 3 N–H and O–H groups in total. The van der Waals surface area contributed by atoms with Crippen LogP contribution in [0.15, 0.2) is 12.2 Å². The summed E-state index contributed by atoms with van der Waals surface area (Å²) in [6.45, 7) is -3.01. The summed E-state index contributed by atoms with van der Waals surface area (Å²) in [5.41, 5.74) is -9.73. The van der Waals surface area contributed by atoms with Gasteiger partial charge in [0.15, 0.2) is 0 Å². The van der Waals surface area contributed by atoms with Crippen molar-refractivity contribution in [1.29, 1.82) is 0 Å². The third-order valence-corrected chi connectivity index (χ3v) is 8.02. The molecule has 2 saturated carbocycles. The SMILES string of the molecule is [2H]C([2H])([2H])C(O)(CCC[C@](C)(C/C=C\C(O)(C(F)(F)F)C(F)(F)F)[C@H]1CC[C@H]2[C@@H](O)CCC[C@]12C)C([2H])([2H])[2H]. The van der Waals surface area contributed by atoms with Crippen LogP contribution in [0, 0.1) is 22.7 Å². The van der Waals surface area contributed by atoms with Gasteiger partial charge in [0.05, 0.1) is 11.7 Å². The second kappa shape index (κ2) is 9.34. The number of rotatable bonds is 8. The predicted octanol–water partition coefficient (Wildman–Crippen LogP) is 6.31. The zero-order chi connectivity index (χ0) is 30.5. The first-order valence-corrected chi connectivity index (χ1v) is 11.2. The Morgan fingerprint density at radius 3 is 2.15 bits per heavy atom. The molecule has 2 fully saturated rings. The molecule has 0 bridgehead atoms. The van der Waals surface area contributed by atoms with Crippen molar-refractivity contribution in [3.8, 4) is 0 Å². The Labute approximate surface area is 200 Å². The van der Waals surface area contributed by atoms with Gasteiger partial charge in [-0.15, -0.1) is 0 Å². The summed E-state index contributed by atoms with van der Waals surface area (Å²) in [5.74, 6) is -0.475. The maximum absolute atomic E-state index is 13.2. The van der Waals surface area contributed by atoms with Gasteiger partial charge in [0.1, 0.15) is 0 Å². The van der Waals surface area contributed by atoms with Gasteiger partial charge in [-0.2, -0.15) is 26.3 Å². The molecule has 194 valence electrons. The van der Waals surface area contributed by atoms with Gasteiger partial charge in [-0.1, -0.05) is 32.8 Å². The lowest BCUT2D eigenvalue weighted by Gasteiger charge is -2.50. The quantitative estimate of drug-likeness (QED) is 0.274. The van der Waals surface area contributed by atoms with E-state index < -0.39 is 60.6 Å². The van der Waals surface area contributed by atoms with Gasteiger partial charge in [-0.25, -0.2) is 0 Å². The van der Waals surface area contributed by atoms with Crippen LogP contribution in [-0.2, 0) is 0 Å². The molecular weight excluding hydrogens is 450 g/mol. The van der Waals surface area contributed by atoms with E-state index in [1.54, 1.807) is 6.92 Å². The molecule has 9 heteroatoms. The van der Waals surface area contributed by atoms with Crippen LogP contribution in [0.5, 0.6) is 0 Å². The standard InChI is InChI=1S/C24H38F6O3/c1-19(2,32)11-6-12-20(3,13-7-15-22(33,23(25,26)27)24(28,29)30)18-10-9-16-17(31)8-5-14-21(16,18)4/h7,15-18,31-33H,5-6,8-14H2,1-4H3/b15-7-/t16-,17-,18+,20+,21-/m0/s1/i1D3,2D3. The number of hydrogen-bond acceptors (Lipinski definition) is 3. The van der Waals surface area contributed by atoms with Crippen molar-refractivity contribution in [2.75, 3.05) is 0 Å². The Morgan fingerprint density at radius 2 is 1.61 bits per heavy atom. The van der Waals surface area contributed by atoms with Crippen LogP contribution in [0.4, 0.5) is 26.3 Å². The lowest BCUT2D eigenvalue weighted by molar-refractivity contribution is -0.347. The highest BCUT2D eigenvalue weighted by atomic mass is 19.4. The van der Waals surface area contributed by atoms with Crippen LogP contribution >= 0.6 is 0 Å². The summed E-state index contributed by atoms with van der Waals surface area (Å²) in [5, 5.41) is 30.8. The Hall–Kier alpha value is -0.800. The van der Waals surface area contributed by atoms with E-state index in [1.807, 2.05) is 6.92 Å². The smallest absolute Gasteiger partial charge is 0.393 e. The number of aliphatic hydroxyl groups is 3. The second-order valence-electron chi connectivity index (χ2n) is 10.4. The summed E-state index contributed by atoms with van der Waals surface area (Å²) in [6, 6.07) is 0. The second-order valence-corrected chi connectivity index (χ2v) is 10.4. The summed E-state index contributed by atoms with van der Waals surface area (Å²) >= 11 is 0. The predicted molar refractivity (Wildman–Crippen MR) is 113 cm³/mol. The molecule has 2 aliphatic carbocycles. The molecule has 0 aliphatic heterocycles. The van der Waals surface area contributed by atoms with Crippen LogP contribution in [0.1, 0.15) is 93.6 Å². The first kappa shape index (κ1) is 20.4. The van der Waals surface area contributed by atoms with Crippen LogP contribution in [-0.4, -0.2) is 45.0 Å². The monoisotopic (exact) mass is 494 g/mol. The van der Waals surface area contributed by atoms with Crippen molar-refractivity contribution in [3.05, 3.63) is 12.2 Å². The molecule has 0 radical (unpaired) electrons. The number of hydrogen-bond donors (Lipinski definition) is 3. The Morgan fingerprint density at radius 1 is 1.00 bits per heavy atom. The third-order valence-electron chi connectivity index (χ3n) is 8.02. The molecule has 0 amide bonds. The molecule has 0 spiro atoms. The maximum atomic E-state index is 13.2. The molecular formula is C24H38F6O3. The maximum Gasteiger partial charge on any atom is 0.429 e. The fourth-order valence-corrected chi connectivity index (χ4v) is 6.31. The number of aliphatic hydroxyl groups excluding tert-OH is 1. The van der Waals surface area contributed by atoms with Crippen molar-refractivity contribution in [3.63, 3.8) is 0 Å². The lowest BCUT2D eigenvalue weighted by atomic mass is 9.56. The molecule has 2 aliphatic rings. The van der Waals surface area contributed by atoms with E-state index in [4.69, 9.17) is 8.22 Å². The summed E-state index contributed by atoms with van der Waals surface area (Å²) in [6.07, 6.45) is -10.7. The van der Waals surface area contributed by atoms with Gasteiger partial charge < -0.3 is 15.3 Å². The molecule has 0 heterocycles. The van der Waals surface area contributed by atoms with E-state index in [9.17, 15) is 41.7 Å². The van der Waals surface area contributed by atoms with Gasteiger partial charge in [-0.3, -0.25) is 0 Å². The van der Waals surface area contributed by atoms with E-state index >= 15 is 0 Å². The molecule has 2 rings (SSSR count). The van der Waals surface area contributed by atoms with E-state index in [0.29, 0.717) is 38.2 Å². The average molecular weight is 495 g/mol. The normalized spacial score (nSPS) is 35.1. The molecule has 0 aromatic rings. The summed E-state index contributed by atoms with van der Waals surface area (Å²) in [7, 11) is 0. The van der Waals surface area contributed by atoms with Crippen molar-refractivity contribution in [1.82, 2.24) is 0 Å². The average Bonchev–Trinajstić information content (AvgIpc) is 3.09. The number of halogens is 6. The largest absolute Gasteiger partial charge is 0.429 e. The molecule has 0 saturated heterocycles. The van der Waals surface area contributed by atoms with Crippen molar-refractivity contribution in [2.24, 2.45) is 22.7 Å². The number of fused-ring (bicyclic) bond motifs is 1. The van der Waals surface area contributed by atoms with Crippen LogP contribution in [0.2, 0.25) is 0 Å². The van der Waals surface area contributed by atoms with Crippen LogP contribution in [0.3, 0.4) is 0 Å². The first-order valence-electron chi connectivity index (χ1n) is 14.2. The summed E-state index contributed by atoms with van der Waals surface area (Å²) < 4.78 is 125. The molecule has 5 atom stereocenters. The molecule has 3 nitrogen and oxygen atoms in total. The highest BCUT2D eigenvalue weighted by Crippen LogP contribution is 2.62. The lowest BCUT2D eigenvalue weighted by Crippen LogP contribution is -2.55. The van der Waals surface area contributed by atoms with Crippen molar-refractivity contribution in [2.45, 2.75) is 115 Å². The first-order chi connectivity index (χ1) is 17.3. The van der Waals surface area contributed by atoms with Gasteiger partial charge in [0.25, 0.3) is 5.60 Å². The third kappa shape index (κ3) is 5.89. The Balaban J connectivity index is 2.45. The van der Waals surface area contributed by atoms with Gasteiger partial charge in [-0.05, 0) is 87.4 Å².